The highest BCUT2D eigenvalue weighted by Crippen LogP contribution is 2.35. The molecule has 162 valence electrons. The number of ether oxygens (including phenoxy) is 1. The molecule has 1 aliphatic rings. The molecule has 0 atom stereocenters. The minimum atomic E-state index is -0.374. The Morgan fingerprint density at radius 2 is 1.64 bits per heavy atom. The Morgan fingerprint density at radius 1 is 0.848 bits per heavy atom. The number of nitrogens with one attached hydrogen (secondary N) is 1. The quantitative estimate of drug-likeness (QED) is 0.317. The van der Waals surface area contributed by atoms with E-state index in [2.05, 4.69) is 23.5 Å². The third kappa shape index (κ3) is 3.82. The van der Waals surface area contributed by atoms with Crippen LogP contribution in [0.15, 0.2) is 88.1 Å². The molecule has 5 aromatic rings. The molecule has 0 spiro atoms. The van der Waals surface area contributed by atoms with E-state index in [0.29, 0.717) is 17.1 Å². The molecule has 0 aliphatic heterocycles. The van der Waals surface area contributed by atoms with Crippen LogP contribution in [0, 0.1) is 0 Å². The molecule has 0 saturated heterocycles. The van der Waals surface area contributed by atoms with Crippen molar-refractivity contribution in [3.63, 3.8) is 0 Å². The molecule has 0 fully saturated rings. The van der Waals surface area contributed by atoms with Crippen molar-refractivity contribution in [1.82, 2.24) is 4.98 Å². The maximum atomic E-state index is 11.5. The molecule has 0 radical (unpaired) electrons. The zero-order valence-electron chi connectivity index (χ0n) is 18.0. The Bertz CT molecular complexity index is 1540. The molecule has 0 bridgehead atoms. The highest BCUT2D eigenvalue weighted by atomic mass is 16.5. The van der Waals surface area contributed by atoms with Gasteiger partial charge in [0, 0.05) is 34.3 Å². The molecule has 2 aromatic heterocycles. The fourth-order valence-corrected chi connectivity index (χ4v) is 4.51. The Hall–Kier alpha value is -4.12. The van der Waals surface area contributed by atoms with Gasteiger partial charge < -0.3 is 14.5 Å². The number of para-hydroxylation sites is 1. The second kappa shape index (κ2) is 8.10. The molecule has 1 aliphatic carbocycles. The molecule has 0 unspecified atom stereocenters. The van der Waals surface area contributed by atoms with Crippen molar-refractivity contribution in [2.75, 3.05) is 5.32 Å². The van der Waals surface area contributed by atoms with Crippen molar-refractivity contribution in [2.45, 2.75) is 25.7 Å². The van der Waals surface area contributed by atoms with E-state index in [1.54, 1.807) is 12.1 Å². The van der Waals surface area contributed by atoms with Gasteiger partial charge in [0.25, 0.3) is 0 Å². The third-order valence-corrected chi connectivity index (χ3v) is 6.12. The minimum absolute atomic E-state index is 0.374. The summed E-state index contributed by atoms with van der Waals surface area (Å²) >= 11 is 0. The van der Waals surface area contributed by atoms with E-state index in [-0.39, 0.29) is 5.63 Å². The van der Waals surface area contributed by atoms with Gasteiger partial charge in [-0.25, -0.2) is 4.79 Å². The largest absolute Gasteiger partial charge is 0.457 e. The van der Waals surface area contributed by atoms with Crippen LogP contribution in [-0.4, -0.2) is 4.98 Å². The van der Waals surface area contributed by atoms with E-state index in [4.69, 9.17) is 14.1 Å². The number of nitrogens with zero attached hydrogens (tertiary/aromatic N) is 1. The van der Waals surface area contributed by atoms with Crippen molar-refractivity contribution >= 4 is 33.2 Å². The summed E-state index contributed by atoms with van der Waals surface area (Å²) in [5.41, 5.74) is 5.87. The number of hydrogen-bond donors (Lipinski definition) is 1. The van der Waals surface area contributed by atoms with Crippen LogP contribution < -0.4 is 15.7 Å². The zero-order valence-corrected chi connectivity index (χ0v) is 18.0. The summed E-state index contributed by atoms with van der Waals surface area (Å²) in [4.78, 5) is 16.4. The van der Waals surface area contributed by atoms with Crippen LogP contribution in [0.2, 0.25) is 0 Å². The van der Waals surface area contributed by atoms with Crippen molar-refractivity contribution < 1.29 is 9.15 Å². The Kier molecular flexibility index (Phi) is 4.80. The topological polar surface area (TPSA) is 64.4 Å². The molecule has 0 saturated carbocycles. The smallest absolute Gasteiger partial charge is 0.336 e. The summed E-state index contributed by atoms with van der Waals surface area (Å²) in [6, 6.07) is 24.8. The lowest BCUT2D eigenvalue weighted by Gasteiger charge is -2.21. The molecule has 3 aromatic carbocycles. The number of hydrogen-bond acceptors (Lipinski definition) is 5. The van der Waals surface area contributed by atoms with Crippen molar-refractivity contribution in [2.24, 2.45) is 0 Å². The molecular formula is C28H22N2O3. The van der Waals surface area contributed by atoms with Crippen LogP contribution in [0.25, 0.3) is 21.9 Å². The average molecular weight is 434 g/mol. The van der Waals surface area contributed by atoms with Crippen LogP contribution in [0.4, 0.5) is 11.4 Å². The fraction of sp³-hybridized carbons (Fsp3) is 0.143. The number of rotatable bonds is 4. The first kappa shape index (κ1) is 19.6. The van der Waals surface area contributed by atoms with E-state index in [1.165, 1.54) is 30.2 Å². The zero-order chi connectivity index (χ0) is 22.2. The lowest BCUT2D eigenvalue weighted by atomic mass is 9.92. The van der Waals surface area contributed by atoms with Gasteiger partial charge in [0.1, 0.15) is 17.1 Å². The fourth-order valence-electron chi connectivity index (χ4n) is 4.51. The summed E-state index contributed by atoms with van der Waals surface area (Å²) in [5.74, 6) is 1.33. The first-order valence-electron chi connectivity index (χ1n) is 11.2. The Labute approximate surface area is 190 Å². The molecule has 2 heterocycles. The summed E-state index contributed by atoms with van der Waals surface area (Å²) in [6.07, 6.45) is 4.48. The van der Waals surface area contributed by atoms with Gasteiger partial charge in [0.2, 0.25) is 0 Å². The van der Waals surface area contributed by atoms with Crippen LogP contribution in [0.5, 0.6) is 11.5 Å². The van der Waals surface area contributed by atoms with Gasteiger partial charge in [0.05, 0.1) is 11.2 Å². The van der Waals surface area contributed by atoms with Crippen molar-refractivity contribution in [1.29, 1.82) is 0 Å². The van der Waals surface area contributed by atoms with Gasteiger partial charge in [-0.2, -0.15) is 0 Å². The van der Waals surface area contributed by atoms with Gasteiger partial charge >= 0.3 is 5.63 Å². The predicted molar refractivity (Wildman–Crippen MR) is 131 cm³/mol. The lowest BCUT2D eigenvalue weighted by Crippen LogP contribution is -2.09. The van der Waals surface area contributed by atoms with Gasteiger partial charge in [-0.3, -0.25) is 4.98 Å². The van der Waals surface area contributed by atoms with Crippen molar-refractivity contribution in [3.8, 4) is 11.5 Å². The van der Waals surface area contributed by atoms with Crippen LogP contribution in [0.3, 0.4) is 0 Å². The molecule has 5 nitrogen and oxygen atoms in total. The first-order chi connectivity index (χ1) is 16.2. The maximum Gasteiger partial charge on any atom is 0.336 e. The van der Waals surface area contributed by atoms with Gasteiger partial charge in [-0.1, -0.05) is 18.2 Å². The predicted octanol–water partition coefficient (Wildman–Crippen LogP) is 6.76. The number of aromatic nitrogens is 1. The molecule has 33 heavy (non-hydrogen) atoms. The lowest BCUT2D eigenvalue weighted by molar-refractivity contribution is 0.480. The van der Waals surface area contributed by atoms with Crippen molar-refractivity contribution in [3.05, 3.63) is 101 Å². The number of benzene rings is 3. The second-order valence-electron chi connectivity index (χ2n) is 8.34. The van der Waals surface area contributed by atoms with Crippen LogP contribution in [0.1, 0.15) is 24.1 Å². The van der Waals surface area contributed by atoms with E-state index in [9.17, 15) is 4.79 Å². The molecule has 6 rings (SSSR count). The number of aryl methyl sites for hydroxylation is 1. The summed E-state index contributed by atoms with van der Waals surface area (Å²) in [6.45, 7) is 0. The molecular weight excluding hydrogens is 412 g/mol. The van der Waals surface area contributed by atoms with Gasteiger partial charge in [-0.05, 0) is 79.8 Å². The van der Waals surface area contributed by atoms with E-state index < -0.39 is 0 Å². The van der Waals surface area contributed by atoms with Gasteiger partial charge in [0.15, 0.2) is 0 Å². The second-order valence-corrected chi connectivity index (χ2v) is 8.34. The summed E-state index contributed by atoms with van der Waals surface area (Å²) < 4.78 is 11.2. The highest BCUT2D eigenvalue weighted by Gasteiger charge is 2.18. The highest BCUT2D eigenvalue weighted by molar-refractivity contribution is 5.95. The molecule has 1 N–H and O–H groups in total. The monoisotopic (exact) mass is 434 g/mol. The minimum Gasteiger partial charge on any atom is -0.457 e. The maximum absolute atomic E-state index is 11.5. The SMILES string of the molecule is O=c1ccc2ccc(Oc3ccc(Nc4c5c(nc6ccccc46)CCCC5)cc3)cc2o1. The standard InChI is InChI=1S/C28H22N2O3/c31-27-16-10-18-9-13-21(17-26(18)33-27)32-20-14-11-19(12-15-20)29-28-22-5-1-3-7-24(22)30-25-8-4-2-6-23(25)28/h1,3,5,7,9-17H,2,4,6,8H2,(H,29,30). The number of pyridine rings is 1. The van der Waals surface area contributed by atoms with Gasteiger partial charge in [-0.15, -0.1) is 0 Å². The van der Waals surface area contributed by atoms with E-state index in [1.807, 2.05) is 42.5 Å². The normalized spacial score (nSPS) is 13.1. The van der Waals surface area contributed by atoms with E-state index in [0.717, 1.165) is 40.5 Å². The molecule has 5 heteroatoms. The molecule has 0 amide bonds. The van der Waals surface area contributed by atoms with E-state index >= 15 is 0 Å². The van der Waals surface area contributed by atoms with Crippen LogP contribution >= 0.6 is 0 Å². The number of anilines is 2. The van der Waals surface area contributed by atoms with Crippen LogP contribution in [-0.2, 0) is 12.8 Å². The average Bonchev–Trinajstić information content (AvgIpc) is 2.85. The third-order valence-electron chi connectivity index (χ3n) is 6.12. The first-order valence-corrected chi connectivity index (χ1v) is 11.2. The summed E-state index contributed by atoms with van der Waals surface area (Å²) in [5, 5.41) is 5.66. The Morgan fingerprint density at radius 3 is 2.55 bits per heavy atom. The summed E-state index contributed by atoms with van der Waals surface area (Å²) in [7, 11) is 0. The Balaban J connectivity index is 1.28. The number of fused-ring (bicyclic) bond motifs is 3.